The molecule has 0 bridgehead atoms. The summed E-state index contributed by atoms with van der Waals surface area (Å²) in [4.78, 5) is 19.0. The van der Waals surface area contributed by atoms with Crippen LogP contribution in [0.15, 0.2) is 51.9 Å². The van der Waals surface area contributed by atoms with Crippen LogP contribution in [-0.4, -0.2) is 49.3 Å². The van der Waals surface area contributed by atoms with Crippen LogP contribution in [0.2, 0.25) is 0 Å². The van der Waals surface area contributed by atoms with Crippen molar-refractivity contribution in [1.29, 1.82) is 0 Å². The van der Waals surface area contributed by atoms with E-state index in [1.165, 1.54) is 0 Å². The maximum absolute atomic E-state index is 13.7. The van der Waals surface area contributed by atoms with Gasteiger partial charge in [0.2, 0.25) is 0 Å². The first kappa shape index (κ1) is 24.4. The van der Waals surface area contributed by atoms with Gasteiger partial charge in [0.05, 0.1) is 30.0 Å². The van der Waals surface area contributed by atoms with Crippen LogP contribution in [0.3, 0.4) is 0 Å². The molecule has 1 saturated heterocycles. The van der Waals surface area contributed by atoms with Gasteiger partial charge in [0.25, 0.3) is 5.56 Å². The number of benzene rings is 1. The highest BCUT2D eigenvalue weighted by molar-refractivity contribution is 5.82. The monoisotopic (exact) mass is 490 g/mol. The van der Waals surface area contributed by atoms with Gasteiger partial charge in [-0.05, 0) is 79.6 Å². The van der Waals surface area contributed by atoms with Crippen molar-refractivity contribution in [2.75, 3.05) is 13.2 Å². The summed E-state index contributed by atoms with van der Waals surface area (Å²) in [6.45, 7) is 10.2. The number of H-pyrrole nitrogens is 1. The number of rotatable bonds is 9. The lowest BCUT2D eigenvalue weighted by atomic mass is 9.98. The van der Waals surface area contributed by atoms with Gasteiger partial charge < -0.3 is 14.1 Å². The average Bonchev–Trinajstić information content (AvgIpc) is 3.64. The van der Waals surface area contributed by atoms with E-state index in [1.807, 2.05) is 48.0 Å². The van der Waals surface area contributed by atoms with Gasteiger partial charge in [-0.25, -0.2) is 4.68 Å². The van der Waals surface area contributed by atoms with E-state index in [-0.39, 0.29) is 17.2 Å². The van der Waals surface area contributed by atoms with Crippen molar-refractivity contribution in [2.24, 2.45) is 0 Å². The quantitative estimate of drug-likeness (QED) is 0.372. The number of hydrogen-bond donors (Lipinski definition) is 1. The second-order valence-corrected chi connectivity index (χ2v) is 10.3. The lowest BCUT2D eigenvalue weighted by molar-refractivity contribution is 0.0534. The Bertz CT molecular complexity index is 1370. The molecule has 36 heavy (non-hydrogen) atoms. The van der Waals surface area contributed by atoms with Gasteiger partial charge in [-0.3, -0.25) is 9.69 Å². The second-order valence-electron chi connectivity index (χ2n) is 10.3. The lowest BCUT2D eigenvalue weighted by Crippen LogP contribution is -2.41. The smallest absolute Gasteiger partial charge is 0.253 e. The standard InChI is InChI=1S/C27H34N6O3/c1-5-27(3,4)33-25(29-30-31-33)24(22-15-19-10-6-9-18(2)23(19)28-26(22)34)32(16-20-11-7-13-35-20)17-21-12-8-14-36-21/h6-7,9-11,13,15,21,24H,5,8,12,14,16-17H2,1-4H3,(H,28,34). The average molecular weight is 491 g/mol. The summed E-state index contributed by atoms with van der Waals surface area (Å²) in [5.41, 5.74) is 1.98. The highest BCUT2D eigenvalue weighted by Crippen LogP contribution is 2.33. The van der Waals surface area contributed by atoms with E-state index in [0.717, 1.165) is 48.1 Å². The van der Waals surface area contributed by atoms with E-state index in [4.69, 9.17) is 9.15 Å². The van der Waals surface area contributed by atoms with Gasteiger partial charge in [-0.1, -0.05) is 25.1 Å². The van der Waals surface area contributed by atoms with E-state index in [2.05, 4.69) is 46.2 Å². The fourth-order valence-corrected chi connectivity index (χ4v) is 4.96. The fourth-order valence-electron chi connectivity index (χ4n) is 4.96. The Morgan fingerprint density at radius 2 is 2.14 bits per heavy atom. The third-order valence-electron chi connectivity index (χ3n) is 7.35. The fraction of sp³-hybridized carbons (Fsp3) is 0.481. The summed E-state index contributed by atoms with van der Waals surface area (Å²) < 4.78 is 13.6. The van der Waals surface area contributed by atoms with Crippen LogP contribution in [0.25, 0.3) is 10.9 Å². The minimum absolute atomic E-state index is 0.0627. The Balaban J connectivity index is 1.70. The molecule has 0 radical (unpaired) electrons. The zero-order valence-corrected chi connectivity index (χ0v) is 21.4. The maximum Gasteiger partial charge on any atom is 0.253 e. The maximum atomic E-state index is 13.7. The molecule has 2 unspecified atom stereocenters. The molecule has 3 aromatic heterocycles. The van der Waals surface area contributed by atoms with Gasteiger partial charge in [-0.2, -0.15) is 0 Å². The first-order valence-corrected chi connectivity index (χ1v) is 12.7. The molecule has 5 rings (SSSR count). The van der Waals surface area contributed by atoms with Crippen molar-refractivity contribution in [3.63, 3.8) is 0 Å². The SMILES string of the molecule is CCC(C)(C)n1nnnc1C(c1cc2cccc(C)c2[nH]c1=O)N(Cc1ccco1)CC1CCCO1. The Kier molecular flexibility index (Phi) is 6.77. The minimum Gasteiger partial charge on any atom is -0.468 e. The van der Waals surface area contributed by atoms with Crippen molar-refractivity contribution >= 4 is 10.9 Å². The topological polar surface area (TPSA) is 102 Å². The van der Waals surface area contributed by atoms with Crippen molar-refractivity contribution < 1.29 is 9.15 Å². The number of furan rings is 1. The van der Waals surface area contributed by atoms with E-state index in [9.17, 15) is 4.79 Å². The molecule has 1 N–H and O–H groups in total. The van der Waals surface area contributed by atoms with Crippen molar-refractivity contribution in [2.45, 2.75) is 71.2 Å². The van der Waals surface area contributed by atoms with Crippen LogP contribution < -0.4 is 5.56 Å². The number of hydrogen-bond acceptors (Lipinski definition) is 7. The molecule has 9 nitrogen and oxygen atoms in total. The van der Waals surface area contributed by atoms with Crippen molar-refractivity contribution in [3.8, 4) is 0 Å². The van der Waals surface area contributed by atoms with Gasteiger partial charge in [0.15, 0.2) is 5.82 Å². The molecule has 4 heterocycles. The largest absolute Gasteiger partial charge is 0.468 e. The molecule has 9 heteroatoms. The Hall–Kier alpha value is -3.30. The number of nitrogens with one attached hydrogen (secondary N) is 1. The number of aromatic amines is 1. The van der Waals surface area contributed by atoms with Crippen LogP contribution in [0.4, 0.5) is 0 Å². The predicted octanol–water partition coefficient (Wildman–Crippen LogP) is 4.33. The molecule has 0 aliphatic carbocycles. The molecule has 2 atom stereocenters. The van der Waals surface area contributed by atoms with Gasteiger partial charge in [-0.15, -0.1) is 5.10 Å². The zero-order valence-electron chi connectivity index (χ0n) is 21.4. The molecule has 4 aromatic rings. The molecule has 190 valence electrons. The van der Waals surface area contributed by atoms with Crippen LogP contribution in [0, 0.1) is 6.92 Å². The number of para-hydroxylation sites is 1. The number of pyridine rings is 1. The molecular weight excluding hydrogens is 456 g/mol. The van der Waals surface area contributed by atoms with E-state index in [0.29, 0.717) is 24.5 Å². The number of fused-ring (bicyclic) bond motifs is 1. The van der Waals surface area contributed by atoms with Crippen LogP contribution in [0.5, 0.6) is 0 Å². The molecule has 1 aliphatic rings. The van der Waals surface area contributed by atoms with Crippen molar-refractivity contribution in [1.82, 2.24) is 30.1 Å². The molecule has 1 aromatic carbocycles. The van der Waals surface area contributed by atoms with Crippen LogP contribution >= 0.6 is 0 Å². The Morgan fingerprint density at radius 3 is 2.86 bits per heavy atom. The highest BCUT2D eigenvalue weighted by atomic mass is 16.5. The second kappa shape index (κ2) is 9.99. The van der Waals surface area contributed by atoms with Gasteiger partial charge in [0.1, 0.15) is 11.8 Å². The minimum atomic E-state index is -0.506. The molecule has 0 amide bonds. The molecule has 1 fully saturated rings. The summed E-state index contributed by atoms with van der Waals surface area (Å²) >= 11 is 0. The number of tetrazole rings is 1. The summed E-state index contributed by atoms with van der Waals surface area (Å²) in [5, 5.41) is 13.9. The van der Waals surface area contributed by atoms with E-state index < -0.39 is 6.04 Å². The number of nitrogens with zero attached hydrogens (tertiary/aromatic N) is 5. The van der Waals surface area contributed by atoms with E-state index >= 15 is 0 Å². The zero-order chi connectivity index (χ0) is 25.3. The molecule has 0 spiro atoms. The molecule has 0 saturated carbocycles. The lowest BCUT2D eigenvalue weighted by Gasteiger charge is -2.34. The normalized spacial score (nSPS) is 17.3. The summed E-state index contributed by atoms with van der Waals surface area (Å²) in [6, 6.07) is 11.3. The van der Waals surface area contributed by atoms with E-state index in [1.54, 1.807) is 6.26 Å². The molecule has 1 aliphatic heterocycles. The van der Waals surface area contributed by atoms with Gasteiger partial charge in [0, 0.05) is 18.7 Å². The first-order chi connectivity index (χ1) is 17.4. The number of aromatic nitrogens is 5. The summed E-state index contributed by atoms with van der Waals surface area (Å²) in [6.07, 6.45) is 4.56. The highest BCUT2D eigenvalue weighted by Gasteiger charge is 2.36. The number of ether oxygens (including phenoxy) is 1. The predicted molar refractivity (Wildman–Crippen MR) is 137 cm³/mol. The van der Waals surface area contributed by atoms with Crippen LogP contribution in [0.1, 0.15) is 68.8 Å². The molecular formula is C27H34N6O3. The number of aryl methyl sites for hydroxylation is 1. The summed E-state index contributed by atoms with van der Waals surface area (Å²) in [7, 11) is 0. The van der Waals surface area contributed by atoms with Gasteiger partial charge >= 0.3 is 0 Å². The third-order valence-corrected chi connectivity index (χ3v) is 7.35. The van der Waals surface area contributed by atoms with Crippen molar-refractivity contribution in [3.05, 3.63) is 75.7 Å². The summed E-state index contributed by atoms with van der Waals surface area (Å²) in [5.74, 6) is 1.43. The Labute approximate surface area is 210 Å². The Morgan fingerprint density at radius 1 is 1.28 bits per heavy atom. The van der Waals surface area contributed by atoms with Crippen LogP contribution in [-0.2, 0) is 16.8 Å². The first-order valence-electron chi connectivity index (χ1n) is 12.7. The third kappa shape index (κ3) is 4.73.